The summed E-state index contributed by atoms with van der Waals surface area (Å²) >= 11 is 0. The Hall–Kier alpha value is -1.88. The summed E-state index contributed by atoms with van der Waals surface area (Å²) in [5.74, 6) is -0.958. The Morgan fingerprint density at radius 2 is 2.14 bits per heavy atom. The van der Waals surface area contributed by atoms with E-state index in [1.165, 1.54) is 0 Å². The maximum atomic E-state index is 12.6. The summed E-state index contributed by atoms with van der Waals surface area (Å²) < 4.78 is 5.37. The van der Waals surface area contributed by atoms with Crippen molar-refractivity contribution < 1.29 is 19.4 Å². The van der Waals surface area contributed by atoms with Crippen LogP contribution in [0.3, 0.4) is 0 Å². The van der Waals surface area contributed by atoms with Crippen molar-refractivity contribution in [2.45, 2.75) is 38.8 Å². The van der Waals surface area contributed by atoms with Gasteiger partial charge < -0.3 is 14.7 Å². The number of carbonyl (C=O) groups is 2. The second-order valence-electron chi connectivity index (χ2n) is 5.51. The molecule has 5 nitrogen and oxygen atoms in total. The van der Waals surface area contributed by atoms with E-state index in [1.807, 2.05) is 13.0 Å². The molecule has 1 unspecified atom stereocenters. The van der Waals surface area contributed by atoms with Crippen molar-refractivity contribution >= 4 is 11.9 Å². The predicted molar refractivity (Wildman–Crippen MR) is 78.2 cm³/mol. The smallest absolute Gasteiger partial charge is 0.335 e. The highest BCUT2D eigenvalue weighted by molar-refractivity contribution is 5.90. The van der Waals surface area contributed by atoms with Crippen molar-refractivity contribution in [2.75, 3.05) is 13.7 Å². The van der Waals surface area contributed by atoms with Crippen LogP contribution in [-0.4, -0.2) is 41.1 Å². The first-order valence-electron chi connectivity index (χ1n) is 7.11. The van der Waals surface area contributed by atoms with E-state index in [0.717, 1.165) is 11.1 Å². The lowest BCUT2D eigenvalue weighted by molar-refractivity contribution is -0.154. The van der Waals surface area contributed by atoms with E-state index in [-0.39, 0.29) is 5.91 Å². The van der Waals surface area contributed by atoms with Gasteiger partial charge >= 0.3 is 5.97 Å². The van der Waals surface area contributed by atoms with E-state index in [9.17, 15) is 14.7 Å². The molecule has 2 rings (SSSR count). The fraction of sp³-hybridized carbons (Fsp3) is 0.500. The number of carbonyl (C=O) groups excluding carboxylic acids is 1. The van der Waals surface area contributed by atoms with Crippen molar-refractivity contribution in [1.29, 1.82) is 0 Å². The molecule has 0 aliphatic carbocycles. The Morgan fingerprint density at radius 1 is 1.43 bits per heavy atom. The van der Waals surface area contributed by atoms with Crippen LogP contribution in [0.5, 0.6) is 0 Å². The van der Waals surface area contributed by atoms with E-state index in [2.05, 4.69) is 0 Å². The lowest BCUT2D eigenvalue weighted by atomic mass is 9.92. The lowest BCUT2D eigenvalue weighted by Crippen LogP contribution is -2.49. The summed E-state index contributed by atoms with van der Waals surface area (Å²) in [6, 6.07) is 5.23. The van der Waals surface area contributed by atoms with Crippen LogP contribution in [0, 0.1) is 0 Å². The highest BCUT2D eigenvalue weighted by atomic mass is 16.5. The van der Waals surface area contributed by atoms with Crippen molar-refractivity contribution in [3.05, 3.63) is 34.9 Å². The van der Waals surface area contributed by atoms with Crippen molar-refractivity contribution in [1.82, 2.24) is 4.90 Å². The third-order valence-electron chi connectivity index (χ3n) is 4.36. The number of rotatable bonds is 4. The van der Waals surface area contributed by atoms with Gasteiger partial charge in [0.15, 0.2) is 0 Å². The molecule has 0 saturated carbocycles. The summed E-state index contributed by atoms with van der Waals surface area (Å²) in [6.07, 6.45) is 1.16. The van der Waals surface area contributed by atoms with Gasteiger partial charge in [0, 0.05) is 20.2 Å². The number of hydrogen-bond donors (Lipinski definition) is 1. The molecule has 0 aromatic heterocycles. The molecule has 1 aromatic carbocycles. The molecular formula is C16H21NO4. The average molecular weight is 291 g/mol. The number of carboxylic acid groups (broad SMARTS) is 1. The number of amides is 1. The number of nitrogens with zero attached hydrogens (tertiary/aromatic N) is 1. The Balaban J connectivity index is 2.26. The lowest BCUT2D eigenvalue weighted by Gasteiger charge is -2.36. The number of methoxy groups -OCH3 is 1. The molecule has 1 atom stereocenters. The summed E-state index contributed by atoms with van der Waals surface area (Å²) in [5.41, 5.74) is 1.26. The normalized spacial score (nSPS) is 17.0. The van der Waals surface area contributed by atoms with Gasteiger partial charge in [0.1, 0.15) is 5.60 Å². The maximum Gasteiger partial charge on any atom is 0.335 e. The summed E-state index contributed by atoms with van der Waals surface area (Å²) in [5, 5.41) is 9.22. The molecule has 1 aromatic rings. The minimum atomic E-state index is -0.915. The minimum Gasteiger partial charge on any atom is -0.478 e. The van der Waals surface area contributed by atoms with Crippen molar-refractivity contribution in [3.63, 3.8) is 0 Å². The molecule has 0 spiro atoms. The molecule has 1 amide bonds. The van der Waals surface area contributed by atoms with Crippen LogP contribution in [0.25, 0.3) is 0 Å². The van der Waals surface area contributed by atoms with Gasteiger partial charge in [-0.2, -0.15) is 0 Å². The van der Waals surface area contributed by atoms with E-state index in [0.29, 0.717) is 31.5 Å². The topological polar surface area (TPSA) is 66.8 Å². The van der Waals surface area contributed by atoms with Gasteiger partial charge in [0.05, 0.1) is 5.56 Å². The SMILES string of the molecule is CCC(C)(OC)C(=O)N1CCc2c(cccc2C(=O)O)C1. The molecule has 0 bridgehead atoms. The standard InChI is InChI=1S/C16H21NO4/c1-4-16(2,21-3)15(20)17-9-8-12-11(10-17)6-5-7-13(12)14(18)19/h5-7H,4,8-10H2,1-3H3,(H,18,19). The summed E-state index contributed by atoms with van der Waals surface area (Å²) in [4.78, 5) is 25.6. The highest BCUT2D eigenvalue weighted by Gasteiger charge is 2.36. The first-order chi connectivity index (χ1) is 9.92. The molecule has 0 fully saturated rings. The molecule has 1 heterocycles. The molecule has 21 heavy (non-hydrogen) atoms. The number of hydrogen-bond acceptors (Lipinski definition) is 3. The zero-order valence-electron chi connectivity index (χ0n) is 12.7. The molecule has 1 aliphatic rings. The summed E-state index contributed by atoms with van der Waals surface area (Å²) in [6.45, 7) is 4.67. The van der Waals surface area contributed by atoms with Crippen LogP contribution >= 0.6 is 0 Å². The van der Waals surface area contributed by atoms with Gasteiger partial charge in [-0.3, -0.25) is 4.79 Å². The zero-order valence-corrected chi connectivity index (χ0v) is 12.7. The Labute approximate surface area is 124 Å². The number of fused-ring (bicyclic) bond motifs is 1. The molecule has 1 N–H and O–H groups in total. The van der Waals surface area contributed by atoms with E-state index in [4.69, 9.17) is 4.74 Å². The van der Waals surface area contributed by atoms with Crippen LogP contribution in [0.15, 0.2) is 18.2 Å². The van der Waals surface area contributed by atoms with E-state index in [1.54, 1.807) is 31.1 Å². The molecule has 0 saturated heterocycles. The minimum absolute atomic E-state index is 0.0427. The third-order valence-corrected chi connectivity index (χ3v) is 4.36. The zero-order chi connectivity index (χ0) is 15.6. The quantitative estimate of drug-likeness (QED) is 0.922. The monoisotopic (exact) mass is 291 g/mol. The molecule has 1 aliphatic heterocycles. The van der Waals surface area contributed by atoms with Crippen LogP contribution in [-0.2, 0) is 22.5 Å². The third kappa shape index (κ3) is 2.78. The fourth-order valence-electron chi connectivity index (χ4n) is 2.70. The highest BCUT2D eigenvalue weighted by Crippen LogP contribution is 2.26. The number of aromatic carboxylic acids is 1. The maximum absolute atomic E-state index is 12.6. The predicted octanol–water partition coefficient (Wildman–Crippen LogP) is 2.08. The van der Waals surface area contributed by atoms with Gasteiger partial charge in [0.2, 0.25) is 0 Å². The van der Waals surface area contributed by atoms with Gasteiger partial charge in [-0.1, -0.05) is 19.1 Å². The van der Waals surface area contributed by atoms with Crippen LogP contribution in [0.1, 0.15) is 41.8 Å². The van der Waals surface area contributed by atoms with E-state index >= 15 is 0 Å². The molecule has 114 valence electrons. The average Bonchev–Trinajstić information content (AvgIpc) is 2.52. The van der Waals surface area contributed by atoms with Gasteiger partial charge in [0.25, 0.3) is 5.91 Å². The number of ether oxygens (including phenoxy) is 1. The molecule has 0 radical (unpaired) electrons. The van der Waals surface area contributed by atoms with Gasteiger partial charge in [-0.15, -0.1) is 0 Å². The van der Waals surface area contributed by atoms with Crippen molar-refractivity contribution in [3.8, 4) is 0 Å². The Bertz CT molecular complexity index is 563. The van der Waals surface area contributed by atoms with Crippen molar-refractivity contribution in [2.24, 2.45) is 0 Å². The van der Waals surface area contributed by atoms with Gasteiger partial charge in [-0.25, -0.2) is 4.79 Å². The number of carboxylic acids is 1. The first-order valence-corrected chi connectivity index (χ1v) is 7.11. The largest absolute Gasteiger partial charge is 0.478 e. The Kier molecular flexibility index (Phi) is 4.32. The van der Waals surface area contributed by atoms with E-state index < -0.39 is 11.6 Å². The van der Waals surface area contributed by atoms with Gasteiger partial charge in [-0.05, 0) is 37.0 Å². The van der Waals surface area contributed by atoms with Crippen LogP contribution < -0.4 is 0 Å². The number of benzene rings is 1. The summed E-state index contributed by atoms with van der Waals surface area (Å²) in [7, 11) is 1.54. The fourth-order valence-corrected chi connectivity index (χ4v) is 2.70. The second-order valence-corrected chi connectivity index (χ2v) is 5.51. The first kappa shape index (κ1) is 15.5. The molecular weight excluding hydrogens is 270 g/mol. The second kappa shape index (κ2) is 5.85. The van der Waals surface area contributed by atoms with Crippen LogP contribution in [0.4, 0.5) is 0 Å². The Morgan fingerprint density at radius 3 is 2.71 bits per heavy atom. The molecule has 5 heteroatoms. The van der Waals surface area contributed by atoms with Crippen LogP contribution in [0.2, 0.25) is 0 Å².